The van der Waals surface area contributed by atoms with Crippen LogP contribution in [0.15, 0.2) is 42.5 Å². The highest BCUT2D eigenvalue weighted by molar-refractivity contribution is 5.31. The van der Waals surface area contributed by atoms with Gasteiger partial charge < -0.3 is 11.5 Å². The van der Waals surface area contributed by atoms with Crippen molar-refractivity contribution in [3.05, 3.63) is 48.2 Å². The van der Waals surface area contributed by atoms with Gasteiger partial charge in [0.2, 0.25) is 0 Å². The first-order chi connectivity index (χ1) is 6.71. The van der Waals surface area contributed by atoms with E-state index in [0.29, 0.717) is 6.42 Å². The summed E-state index contributed by atoms with van der Waals surface area (Å²) in [6.45, 7) is 0. The van der Waals surface area contributed by atoms with Crippen LogP contribution in [0, 0.1) is 0 Å². The third-order valence-electron chi connectivity index (χ3n) is 2.26. The van der Waals surface area contributed by atoms with E-state index >= 15 is 0 Å². The normalized spacial score (nSPS) is 25.9. The second-order valence-corrected chi connectivity index (χ2v) is 3.41. The van der Waals surface area contributed by atoms with Crippen LogP contribution in [0.25, 0.3) is 0 Å². The maximum atomic E-state index is 6.17. The molecule has 2 rings (SSSR count). The van der Waals surface area contributed by atoms with Gasteiger partial charge >= 0.3 is 0 Å². The van der Waals surface area contributed by atoms with Gasteiger partial charge in [-0.15, -0.1) is 0 Å². The predicted molar refractivity (Wildman–Crippen MR) is 53.9 cm³/mol. The molecule has 0 radical (unpaired) electrons. The Balaban J connectivity index is 2.35. The summed E-state index contributed by atoms with van der Waals surface area (Å²) in [5.41, 5.74) is 12.9. The van der Waals surface area contributed by atoms with E-state index in [1.165, 1.54) is 6.33 Å². The second-order valence-electron chi connectivity index (χ2n) is 3.41. The van der Waals surface area contributed by atoms with Gasteiger partial charge in [-0.1, -0.05) is 12.2 Å². The molecule has 1 aliphatic rings. The van der Waals surface area contributed by atoms with Crippen molar-refractivity contribution in [3.63, 3.8) is 0 Å². The van der Waals surface area contributed by atoms with Gasteiger partial charge in [-0.25, -0.2) is 9.97 Å². The molecule has 1 unspecified atom stereocenters. The van der Waals surface area contributed by atoms with Crippen molar-refractivity contribution in [2.24, 2.45) is 11.5 Å². The Kier molecular flexibility index (Phi) is 2.05. The van der Waals surface area contributed by atoms with Crippen LogP contribution in [0.3, 0.4) is 0 Å². The standard InChI is InChI=1S/C10H12N4/c11-8-2-1-4-10(12,6-8)9-3-5-13-7-14-9/h1-5,7H,6,11-12H2. The first kappa shape index (κ1) is 8.90. The van der Waals surface area contributed by atoms with Gasteiger partial charge in [-0.2, -0.15) is 0 Å². The molecule has 0 fully saturated rings. The molecule has 4 heteroatoms. The predicted octanol–water partition coefficient (Wildman–Crippen LogP) is 0.433. The second kappa shape index (κ2) is 3.23. The summed E-state index contributed by atoms with van der Waals surface area (Å²) in [6.07, 6.45) is 9.39. The van der Waals surface area contributed by atoms with Crippen molar-refractivity contribution >= 4 is 0 Å². The summed E-state index contributed by atoms with van der Waals surface area (Å²) in [7, 11) is 0. The first-order valence-electron chi connectivity index (χ1n) is 4.40. The maximum Gasteiger partial charge on any atom is 0.115 e. The molecule has 0 amide bonds. The molecule has 4 N–H and O–H groups in total. The van der Waals surface area contributed by atoms with E-state index in [2.05, 4.69) is 9.97 Å². The molecule has 1 aromatic rings. The number of nitrogens with zero attached hydrogens (tertiary/aromatic N) is 2. The first-order valence-corrected chi connectivity index (χ1v) is 4.40. The van der Waals surface area contributed by atoms with Crippen LogP contribution in [0.5, 0.6) is 0 Å². The third-order valence-corrected chi connectivity index (χ3v) is 2.26. The Labute approximate surface area is 82.4 Å². The van der Waals surface area contributed by atoms with E-state index in [1.54, 1.807) is 6.20 Å². The van der Waals surface area contributed by atoms with Gasteiger partial charge in [0, 0.05) is 18.3 Å². The molecule has 0 spiro atoms. The molecule has 1 atom stereocenters. The minimum absolute atomic E-state index is 0.582. The Morgan fingerprint density at radius 3 is 2.93 bits per heavy atom. The molecular formula is C10H12N4. The minimum Gasteiger partial charge on any atom is -0.402 e. The monoisotopic (exact) mass is 188 g/mol. The zero-order valence-electron chi connectivity index (χ0n) is 7.72. The molecule has 14 heavy (non-hydrogen) atoms. The van der Waals surface area contributed by atoms with Crippen LogP contribution in [0.1, 0.15) is 12.1 Å². The fourth-order valence-corrected chi connectivity index (χ4v) is 1.54. The zero-order valence-corrected chi connectivity index (χ0v) is 7.72. The highest BCUT2D eigenvalue weighted by Crippen LogP contribution is 2.26. The average molecular weight is 188 g/mol. The summed E-state index contributed by atoms with van der Waals surface area (Å²) >= 11 is 0. The van der Waals surface area contributed by atoms with Gasteiger partial charge in [0.25, 0.3) is 0 Å². The van der Waals surface area contributed by atoms with Crippen LogP contribution in [0.2, 0.25) is 0 Å². The molecule has 1 heterocycles. The summed E-state index contributed by atoms with van der Waals surface area (Å²) in [6, 6.07) is 1.81. The summed E-state index contributed by atoms with van der Waals surface area (Å²) in [5.74, 6) is 0. The smallest absolute Gasteiger partial charge is 0.115 e. The van der Waals surface area contributed by atoms with Crippen LogP contribution in [0.4, 0.5) is 0 Å². The van der Waals surface area contributed by atoms with E-state index in [1.807, 2.05) is 24.3 Å². The maximum absolute atomic E-state index is 6.17. The molecule has 0 saturated carbocycles. The van der Waals surface area contributed by atoms with Gasteiger partial charge in [0.1, 0.15) is 6.33 Å². The molecular weight excluding hydrogens is 176 g/mol. The summed E-state index contributed by atoms with van der Waals surface area (Å²) in [5, 5.41) is 0. The van der Waals surface area contributed by atoms with Crippen molar-refractivity contribution in [1.82, 2.24) is 9.97 Å². The van der Waals surface area contributed by atoms with Crippen LogP contribution in [-0.4, -0.2) is 9.97 Å². The SMILES string of the molecule is NC1=CC=CC(N)(c2ccncn2)C1. The number of rotatable bonds is 1. The average Bonchev–Trinajstić information content (AvgIpc) is 2.19. The molecule has 0 saturated heterocycles. The van der Waals surface area contributed by atoms with E-state index in [0.717, 1.165) is 11.4 Å². The van der Waals surface area contributed by atoms with Crippen molar-refractivity contribution in [3.8, 4) is 0 Å². The minimum atomic E-state index is -0.582. The van der Waals surface area contributed by atoms with E-state index in [4.69, 9.17) is 11.5 Å². The molecule has 0 bridgehead atoms. The van der Waals surface area contributed by atoms with E-state index in [9.17, 15) is 0 Å². The molecule has 0 aromatic carbocycles. The van der Waals surface area contributed by atoms with E-state index < -0.39 is 5.54 Å². The molecule has 4 nitrogen and oxygen atoms in total. The number of aromatic nitrogens is 2. The number of hydrogen-bond acceptors (Lipinski definition) is 4. The Morgan fingerprint density at radius 2 is 2.29 bits per heavy atom. The molecule has 0 aliphatic heterocycles. The summed E-state index contributed by atoms with van der Waals surface area (Å²) < 4.78 is 0. The number of nitrogens with two attached hydrogens (primary N) is 2. The largest absolute Gasteiger partial charge is 0.402 e. The van der Waals surface area contributed by atoms with Crippen molar-refractivity contribution in [1.29, 1.82) is 0 Å². The molecule has 72 valence electrons. The number of allylic oxidation sites excluding steroid dienone is 2. The van der Waals surface area contributed by atoms with Gasteiger partial charge in [-0.05, 0) is 12.1 Å². The lowest BCUT2D eigenvalue weighted by atomic mass is 9.87. The van der Waals surface area contributed by atoms with Crippen molar-refractivity contribution in [2.45, 2.75) is 12.0 Å². The third kappa shape index (κ3) is 1.52. The Bertz CT molecular complexity index is 382. The topological polar surface area (TPSA) is 77.8 Å². The van der Waals surface area contributed by atoms with Gasteiger partial charge in [0.15, 0.2) is 0 Å². The summed E-state index contributed by atoms with van der Waals surface area (Å²) in [4.78, 5) is 7.99. The van der Waals surface area contributed by atoms with Crippen LogP contribution < -0.4 is 11.5 Å². The fraction of sp³-hybridized carbons (Fsp3) is 0.200. The molecule has 1 aliphatic carbocycles. The van der Waals surface area contributed by atoms with Crippen LogP contribution >= 0.6 is 0 Å². The fourth-order valence-electron chi connectivity index (χ4n) is 1.54. The highest BCUT2D eigenvalue weighted by atomic mass is 14.9. The Hall–Kier alpha value is -1.68. The van der Waals surface area contributed by atoms with Gasteiger partial charge in [0.05, 0.1) is 11.2 Å². The quantitative estimate of drug-likeness (QED) is 0.670. The molecule has 1 aromatic heterocycles. The van der Waals surface area contributed by atoms with Crippen LogP contribution in [-0.2, 0) is 5.54 Å². The van der Waals surface area contributed by atoms with Gasteiger partial charge in [-0.3, -0.25) is 0 Å². The number of hydrogen-bond donors (Lipinski definition) is 2. The highest BCUT2D eigenvalue weighted by Gasteiger charge is 2.27. The lowest BCUT2D eigenvalue weighted by molar-refractivity contribution is 0.527. The zero-order chi connectivity index (χ0) is 10.0. The van der Waals surface area contributed by atoms with E-state index in [-0.39, 0.29) is 0 Å². The Morgan fingerprint density at radius 1 is 1.43 bits per heavy atom. The van der Waals surface area contributed by atoms with Crippen molar-refractivity contribution in [2.75, 3.05) is 0 Å². The lowest BCUT2D eigenvalue weighted by Gasteiger charge is -2.27. The van der Waals surface area contributed by atoms with Crippen molar-refractivity contribution < 1.29 is 0 Å². The lowest BCUT2D eigenvalue weighted by Crippen LogP contribution is -2.38.